The first-order chi connectivity index (χ1) is 7.63. The van der Waals surface area contributed by atoms with Crippen LogP contribution in [-0.4, -0.2) is 23.0 Å². The lowest BCUT2D eigenvalue weighted by molar-refractivity contribution is -0.141. The van der Waals surface area contributed by atoms with Crippen LogP contribution in [0.5, 0.6) is 0 Å². The van der Waals surface area contributed by atoms with Gasteiger partial charge in [0.05, 0.1) is 6.42 Å². The highest BCUT2D eigenvalue weighted by molar-refractivity contribution is 7.10. The van der Waals surface area contributed by atoms with Crippen LogP contribution in [0.3, 0.4) is 0 Å². The number of hydrogen-bond acceptors (Lipinski definition) is 3. The van der Waals surface area contributed by atoms with Crippen LogP contribution in [0.4, 0.5) is 0 Å². The average molecular weight is 237 g/mol. The molecule has 84 valence electrons. The molecule has 0 aliphatic heterocycles. The maximum Gasteiger partial charge on any atom is 0.327 e. The maximum atomic E-state index is 11.5. The Bertz CT molecular complexity index is 405. The molecule has 0 aliphatic carbocycles. The predicted molar refractivity (Wildman–Crippen MR) is 61.0 cm³/mol. The van der Waals surface area contributed by atoms with E-state index < -0.39 is 12.0 Å². The molecule has 0 fully saturated rings. The lowest BCUT2D eigenvalue weighted by atomic mass is 10.2. The number of hydrogen-bond donors (Lipinski definition) is 2. The van der Waals surface area contributed by atoms with Gasteiger partial charge in [-0.05, 0) is 11.4 Å². The van der Waals surface area contributed by atoms with Gasteiger partial charge in [0.1, 0.15) is 6.04 Å². The Kier molecular flexibility index (Phi) is 4.55. The second-order valence-corrected chi connectivity index (χ2v) is 4.15. The second kappa shape index (κ2) is 5.93. The van der Waals surface area contributed by atoms with Gasteiger partial charge in [-0.1, -0.05) is 6.07 Å². The van der Waals surface area contributed by atoms with Gasteiger partial charge in [0.15, 0.2) is 0 Å². The fourth-order valence-corrected chi connectivity index (χ4v) is 1.84. The van der Waals surface area contributed by atoms with Crippen molar-refractivity contribution in [3.8, 4) is 12.3 Å². The minimum absolute atomic E-state index is 0.00842. The molecule has 0 spiro atoms. The minimum atomic E-state index is -1.11. The SMILES string of the molecule is C#CCC(NC(=O)Cc1cccs1)C(=O)O. The van der Waals surface area contributed by atoms with Crippen LogP contribution < -0.4 is 5.32 Å². The van der Waals surface area contributed by atoms with Crippen LogP contribution in [-0.2, 0) is 16.0 Å². The molecule has 4 nitrogen and oxygen atoms in total. The fourth-order valence-electron chi connectivity index (χ4n) is 1.13. The Hall–Kier alpha value is -1.80. The third kappa shape index (κ3) is 3.75. The largest absolute Gasteiger partial charge is 0.480 e. The van der Waals surface area contributed by atoms with E-state index in [2.05, 4.69) is 11.2 Å². The third-order valence-electron chi connectivity index (χ3n) is 1.87. The smallest absolute Gasteiger partial charge is 0.327 e. The van der Waals surface area contributed by atoms with Crippen molar-refractivity contribution in [2.24, 2.45) is 0 Å². The van der Waals surface area contributed by atoms with Crippen molar-refractivity contribution in [3.63, 3.8) is 0 Å². The quantitative estimate of drug-likeness (QED) is 0.747. The molecule has 2 N–H and O–H groups in total. The summed E-state index contributed by atoms with van der Waals surface area (Å²) in [5.41, 5.74) is 0. The molecule has 0 saturated carbocycles. The Balaban J connectivity index is 2.49. The highest BCUT2D eigenvalue weighted by atomic mass is 32.1. The van der Waals surface area contributed by atoms with Gasteiger partial charge in [-0.2, -0.15) is 0 Å². The highest BCUT2D eigenvalue weighted by Crippen LogP contribution is 2.09. The van der Waals surface area contributed by atoms with E-state index in [0.717, 1.165) is 4.88 Å². The van der Waals surface area contributed by atoms with E-state index in [-0.39, 0.29) is 18.7 Å². The molecular weight excluding hydrogens is 226 g/mol. The zero-order chi connectivity index (χ0) is 12.0. The number of carboxylic acid groups (broad SMARTS) is 1. The summed E-state index contributed by atoms with van der Waals surface area (Å²) >= 11 is 1.45. The number of aliphatic carboxylic acids is 1. The average Bonchev–Trinajstić information content (AvgIpc) is 2.69. The summed E-state index contributed by atoms with van der Waals surface area (Å²) in [6.45, 7) is 0. The maximum absolute atomic E-state index is 11.5. The van der Waals surface area contributed by atoms with Crippen LogP contribution in [0.25, 0.3) is 0 Å². The zero-order valence-corrected chi connectivity index (χ0v) is 9.29. The number of carbonyl (C=O) groups excluding carboxylic acids is 1. The van der Waals surface area contributed by atoms with E-state index >= 15 is 0 Å². The minimum Gasteiger partial charge on any atom is -0.480 e. The summed E-state index contributed by atoms with van der Waals surface area (Å²) in [5.74, 6) is 0.778. The van der Waals surface area contributed by atoms with Crippen LogP contribution in [0.2, 0.25) is 0 Å². The predicted octanol–water partition coefficient (Wildman–Crippen LogP) is 0.883. The lowest BCUT2D eigenvalue weighted by Gasteiger charge is -2.10. The van der Waals surface area contributed by atoms with Crippen molar-refractivity contribution in [1.29, 1.82) is 0 Å². The van der Waals surface area contributed by atoms with E-state index in [9.17, 15) is 9.59 Å². The van der Waals surface area contributed by atoms with Gasteiger partial charge in [-0.25, -0.2) is 4.79 Å². The fraction of sp³-hybridized carbons (Fsp3) is 0.273. The summed E-state index contributed by atoms with van der Waals surface area (Å²) in [5, 5.41) is 13.0. The highest BCUT2D eigenvalue weighted by Gasteiger charge is 2.18. The molecule has 0 aliphatic rings. The number of nitrogens with one attached hydrogen (secondary N) is 1. The first kappa shape index (κ1) is 12.3. The molecule has 0 radical (unpaired) electrons. The molecule has 0 aromatic carbocycles. The molecule has 1 rings (SSSR count). The molecule has 1 amide bonds. The monoisotopic (exact) mass is 237 g/mol. The van der Waals surface area contributed by atoms with Gasteiger partial charge in [-0.3, -0.25) is 4.79 Å². The molecule has 5 heteroatoms. The van der Waals surface area contributed by atoms with Crippen LogP contribution in [0.15, 0.2) is 17.5 Å². The number of rotatable bonds is 5. The number of amides is 1. The van der Waals surface area contributed by atoms with Crippen LogP contribution >= 0.6 is 11.3 Å². The zero-order valence-electron chi connectivity index (χ0n) is 8.47. The molecule has 1 heterocycles. The normalized spacial score (nSPS) is 11.4. The Morgan fingerprint density at radius 3 is 2.88 bits per heavy atom. The Labute approximate surface area is 97.3 Å². The Morgan fingerprint density at radius 1 is 1.62 bits per heavy atom. The topological polar surface area (TPSA) is 66.4 Å². The molecule has 0 saturated heterocycles. The molecule has 1 aromatic rings. The summed E-state index contributed by atoms with van der Waals surface area (Å²) in [6.07, 6.45) is 5.19. The number of terminal acetylenes is 1. The van der Waals surface area contributed by atoms with Gasteiger partial charge in [-0.15, -0.1) is 23.7 Å². The van der Waals surface area contributed by atoms with Crippen LogP contribution in [0.1, 0.15) is 11.3 Å². The first-order valence-corrected chi connectivity index (χ1v) is 5.49. The van der Waals surface area contributed by atoms with E-state index in [1.54, 1.807) is 0 Å². The van der Waals surface area contributed by atoms with E-state index in [0.29, 0.717) is 0 Å². The van der Waals surface area contributed by atoms with Gasteiger partial charge in [0.2, 0.25) is 5.91 Å². The van der Waals surface area contributed by atoms with Gasteiger partial charge >= 0.3 is 5.97 Å². The van der Waals surface area contributed by atoms with E-state index in [4.69, 9.17) is 11.5 Å². The van der Waals surface area contributed by atoms with Crippen LogP contribution in [0, 0.1) is 12.3 Å². The molecule has 0 bridgehead atoms. The van der Waals surface area contributed by atoms with Gasteiger partial charge in [0, 0.05) is 11.3 Å². The third-order valence-corrected chi connectivity index (χ3v) is 2.75. The molecular formula is C11H11NO3S. The summed E-state index contributed by atoms with van der Waals surface area (Å²) in [6, 6.07) is 2.65. The number of thiophene rings is 1. The summed E-state index contributed by atoms with van der Waals surface area (Å²) < 4.78 is 0. The summed E-state index contributed by atoms with van der Waals surface area (Å²) in [7, 11) is 0. The molecule has 16 heavy (non-hydrogen) atoms. The lowest BCUT2D eigenvalue weighted by Crippen LogP contribution is -2.41. The first-order valence-electron chi connectivity index (χ1n) is 4.61. The van der Waals surface area contributed by atoms with Crippen molar-refractivity contribution in [2.45, 2.75) is 18.9 Å². The van der Waals surface area contributed by atoms with Crippen molar-refractivity contribution >= 4 is 23.2 Å². The van der Waals surface area contributed by atoms with E-state index in [1.165, 1.54) is 11.3 Å². The van der Waals surface area contributed by atoms with Crippen molar-refractivity contribution in [3.05, 3.63) is 22.4 Å². The van der Waals surface area contributed by atoms with Gasteiger partial charge in [0.25, 0.3) is 0 Å². The molecule has 1 unspecified atom stereocenters. The van der Waals surface area contributed by atoms with Gasteiger partial charge < -0.3 is 10.4 Å². The number of carbonyl (C=O) groups is 2. The van der Waals surface area contributed by atoms with Crippen molar-refractivity contribution < 1.29 is 14.7 Å². The summed E-state index contributed by atoms with van der Waals surface area (Å²) in [4.78, 5) is 23.1. The number of carboxylic acids is 1. The standard InChI is InChI=1S/C11H11NO3S/c1-2-4-9(11(14)15)12-10(13)7-8-5-3-6-16-8/h1,3,5-6,9H,4,7H2,(H,12,13)(H,14,15). The molecule has 1 aromatic heterocycles. The van der Waals surface area contributed by atoms with Crippen molar-refractivity contribution in [2.75, 3.05) is 0 Å². The molecule has 1 atom stereocenters. The van der Waals surface area contributed by atoms with Crippen molar-refractivity contribution in [1.82, 2.24) is 5.32 Å². The Morgan fingerprint density at radius 2 is 2.38 bits per heavy atom. The van der Waals surface area contributed by atoms with E-state index in [1.807, 2.05) is 17.5 Å². The second-order valence-electron chi connectivity index (χ2n) is 3.12.